The molecule has 1 aromatic rings. The van der Waals surface area contributed by atoms with Crippen LogP contribution >= 0.6 is 11.8 Å². The fraction of sp³-hybridized carbons (Fsp3) is 0.667. The first-order chi connectivity index (χ1) is 10.2. The van der Waals surface area contributed by atoms with Crippen LogP contribution in [0.1, 0.15) is 38.3 Å². The fourth-order valence-corrected chi connectivity index (χ4v) is 4.52. The fourth-order valence-electron chi connectivity index (χ4n) is 3.13. The third kappa shape index (κ3) is 5.65. The van der Waals surface area contributed by atoms with E-state index in [0.717, 1.165) is 36.6 Å². The number of benzene rings is 1. The van der Waals surface area contributed by atoms with Crippen LogP contribution in [0.25, 0.3) is 0 Å². The van der Waals surface area contributed by atoms with Crippen molar-refractivity contribution in [2.24, 2.45) is 0 Å². The molecule has 0 spiro atoms. The van der Waals surface area contributed by atoms with Crippen LogP contribution in [-0.4, -0.2) is 41.6 Å². The Morgan fingerprint density at radius 2 is 1.76 bits per heavy atom. The smallest absolute Gasteiger partial charge is 0.0237 e. The van der Waals surface area contributed by atoms with Crippen LogP contribution in [0.2, 0.25) is 0 Å². The van der Waals surface area contributed by atoms with Gasteiger partial charge in [0.05, 0.1) is 0 Å². The van der Waals surface area contributed by atoms with Crippen molar-refractivity contribution in [3.05, 3.63) is 35.4 Å². The van der Waals surface area contributed by atoms with Gasteiger partial charge in [0.1, 0.15) is 0 Å². The van der Waals surface area contributed by atoms with E-state index in [0.29, 0.717) is 0 Å². The summed E-state index contributed by atoms with van der Waals surface area (Å²) in [6, 6.07) is 8.97. The number of hydrogen-bond acceptors (Lipinski definition) is 3. The Hall–Kier alpha value is -0.510. The lowest BCUT2D eigenvalue weighted by Gasteiger charge is -2.35. The van der Waals surface area contributed by atoms with Crippen molar-refractivity contribution in [1.82, 2.24) is 10.2 Å². The zero-order chi connectivity index (χ0) is 15.1. The first-order valence-corrected chi connectivity index (χ1v) is 9.28. The molecule has 0 aliphatic carbocycles. The van der Waals surface area contributed by atoms with Gasteiger partial charge in [0.25, 0.3) is 0 Å². The maximum Gasteiger partial charge on any atom is 0.0237 e. The molecule has 0 radical (unpaired) electrons. The number of hydrogen-bond donors (Lipinski definition) is 1. The number of nitrogens with one attached hydrogen (secondary N) is 1. The Labute approximate surface area is 134 Å². The van der Waals surface area contributed by atoms with Gasteiger partial charge in [-0.15, -0.1) is 0 Å². The molecule has 1 aromatic carbocycles. The molecule has 2 unspecified atom stereocenters. The highest BCUT2D eigenvalue weighted by molar-refractivity contribution is 8.00. The van der Waals surface area contributed by atoms with Crippen LogP contribution in [0.5, 0.6) is 0 Å². The Morgan fingerprint density at radius 3 is 2.43 bits per heavy atom. The topological polar surface area (TPSA) is 15.3 Å². The molecule has 1 aliphatic heterocycles. The molecule has 118 valence electrons. The van der Waals surface area contributed by atoms with E-state index in [1.54, 1.807) is 0 Å². The third-order valence-corrected chi connectivity index (χ3v) is 5.23. The second-order valence-electron chi connectivity index (χ2n) is 6.22. The minimum atomic E-state index is 0.757. The summed E-state index contributed by atoms with van der Waals surface area (Å²) in [6.07, 6.45) is 2.35. The molecular weight excluding hydrogens is 276 g/mol. The summed E-state index contributed by atoms with van der Waals surface area (Å²) in [5, 5.41) is 5.02. The highest BCUT2D eigenvalue weighted by atomic mass is 32.2. The average Bonchev–Trinajstić information content (AvgIpc) is 2.44. The number of nitrogens with zero attached hydrogens (tertiary/aromatic N) is 1. The van der Waals surface area contributed by atoms with E-state index in [1.807, 2.05) is 0 Å². The minimum Gasteiger partial charge on any atom is -0.316 e. The SMILES string of the molecule is CCCNCCc1ccccc1CN1CC(C)SC(C)C1. The lowest BCUT2D eigenvalue weighted by Crippen LogP contribution is -2.40. The average molecular weight is 307 g/mol. The molecule has 2 nitrogen and oxygen atoms in total. The predicted octanol–water partition coefficient (Wildman–Crippen LogP) is 3.55. The second kappa shape index (κ2) is 8.82. The van der Waals surface area contributed by atoms with E-state index in [-0.39, 0.29) is 0 Å². The van der Waals surface area contributed by atoms with E-state index < -0.39 is 0 Å². The lowest BCUT2D eigenvalue weighted by molar-refractivity contribution is 0.262. The van der Waals surface area contributed by atoms with E-state index in [9.17, 15) is 0 Å². The Kier molecular flexibility index (Phi) is 7.08. The number of thioether (sulfide) groups is 1. The summed E-state index contributed by atoms with van der Waals surface area (Å²) in [7, 11) is 0. The van der Waals surface area contributed by atoms with E-state index in [1.165, 1.54) is 30.6 Å². The van der Waals surface area contributed by atoms with Crippen molar-refractivity contribution in [2.45, 2.75) is 50.7 Å². The van der Waals surface area contributed by atoms with Gasteiger partial charge < -0.3 is 5.32 Å². The summed E-state index contributed by atoms with van der Waals surface area (Å²) in [5.74, 6) is 0. The Morgan fingerprint density at radius 1 is 1.10 bits per heavy atom. The van der Waals surface area contributed by atoms with E-state index >= 15 is 0 Å². The van der Waals surface area contributed by atoms with Crippen molar-refractivity contribution < 1.29 is 0 Å². The zero-order valence-corrected chi connectivity index (χ0v) is 14.6. The highest BCUT2D eigenvalue weighted by Crippen LogP contribution is 2.26. The van der Waals surface area contributed by atoms with Gasteiger partial charge in [-0.25, -0.2) is 0 Å². The minimum absolute atomic E-state index is 0.757. The molecule has 0 bridgehead atoms. The summed E-state index contributed by atoms with van der Waals surface area (Å²) in [5.41, 5.74) is 3.03. The first-order valence-electron chi connectivity index (χ1n) is 8.34. The second-order valence-corrected chi connectivity index (χ2v) is 8.10. The van der Waals surface area contributed by atoms with Crippen LogP contribution < -0.4 is 5.32 Å². The molecule has 1 fully saturated rings. The standard InChI is InChI=1S/C18H30N2S/c1-4-10-19-11-9-17-7-5-6-8-18(17)14-20-12-15(2)21-16(3)13-20/h5-8,15-16,19H,4,9-14H2,1-3H3. The molecular formula is C18H30N2S. The number of rotatable bonds is 7. The molecule has 0 amide bonds. The molecule has 0 aromatic heterocycles. The first kappa shape index (κ1) is 16.9. The van der Waals surface area contributed by atoms with Gasteiger partial charge in [0.2, 0.25) is 0 Å². The van der Waals surface area contributed by atoms with Gasteiger partial charge in [0.15, 0.2) is 0 Å². The summed E-state index contributed by atoms with van der Waals surface area (Å²) < 4.78 is 0. The van der Waals surface area contributed by atoms with Crippen molar-refractivity contribution in [2.75, 3.05) is 26.2 Å². The van der Waals surface area contributed by atoms with Crippen LogP contribution in [0.15, 0.2) is 24.3 Å². The Balaban J connectivity index is 1.92. The van der Waals surface area contributed by atoms with E-state index in [4.69, 9.17) is 0 Å². The molecule has 1 N–H and O–H groups in total. The lowest BCUT2D eigenvalue weighted by atomic mass is 10.0. The monoisotopic (exact) mass is 306 g/mol. The van der Waals surface area contributed by atoms with Crippen LogP contribution in [0.4, 0.5) is 0 Å². The van der Waals surface area contributed by atoms with Gasteiger partial charge in [0, 0.05) is 30.1 Å². The van der Waals surface area contributed by atoms with Gasteiger partial charge >= 0.3 is 0 Å². The Bertz CT molecular complexity index is 411. The van der Waals surface area contributed by atoms with Gasteiger partial charge in [-0.05, 0) is 37.1 Å². The molecule has 2 rings (SSSR count). The molecule has 1 heterocycles. The maximum atomic E-state index is 3.51. The van der Waals surface area contributed by atoms with Crippen LogP contribution in [0, 0.1) is 0 Å². The van der Waals surface area contributed by atoms with Crippen molar-refractivity contribution >= 4 is 11.8 Å². The zero-order valence-electron chi connectivity index (χ0n) is 13.8. The predicted molar refractivity (Wildman–Crippen MR) is 95.1 cm³/mol. The van der Waals surface area contributed by atoms with Crippen LogP contribution in [0.3, 0.4) is 0 Å². The van der Waals surface area contributed by atoms with Gasteiger partial charge in [-0.1, -0.05) is 45.0 Å². The highest BCUT2D eigenvalue weighted by Gasteiger charge is 2.22. The maximum absolute atomic E-state index is 3.51. The summed E-state index contributed by atoms with van der Waals surface area (Å²) >= 11 is 2.13. The quantitative estimate of drug-likeness (QED) is 0.776. The molecule has 0 saturated carbocycles. The van der Waals surface area contributed by atoms with Gasteiger partial charge in [-0.3, -0.25) is 4.90 Å². The van der Waals surface area contributed by atoms with Crippen molar-refractivity contribution in [3.63, 3.8) is 0 Å². The summed E-state index contributed by atoms with van der Waals surface area (Å²) in [6.45, 7) is 12.7. The molecule has 3 heteroatoms. The van der Waals surface area contributed by atoms with Gasteiger partial charge in [-0.2, -0.15) is 11.8 Å². The third-order valence-electron chi connectivity index (χ3n) is 4.01. The normalized spacial score (nSPS) is 23.4. The largest absolute Gasteiger partial charge is 0.316 e. The molecule has 1 saturated heterocycles. The molecule has 1 aliphatic rings. The molecule has 2 atom stereocenters. The van der Waals surface area contributed by atoms with Crippen molar-refractivity contribution in [3.8, 4) is 0 Å². The van der Waals surface area contributed by atoms with E-state index in [2.05, 4.69) is 67.0 Å². The molecule has 21 heavy (non-hydrogen) atoms. The van der Waals surface area contributed by atoms with Crippen molar-refractivity contribution in [1.29, 1.82) is 0 Å². The van der Waals surface area contributed by atoms with Crippen LogP contribution in [-0.2, 0) is 13.0 Å². The summed E-state index contributed by atoms with van der Waals surface area (Å²) in [4.78, 5) is 2.63.